The van der Waals surface area contributed by atoms with E-state index in [9.17, 15) is 4.79 Å². The highest BCUT2D eigenvalue weighted by atomic mass is 16.2. The van der Waals surface area contributed by atoms with Crippen molar-refractivity contribution in [3.8, 4) is 0 Å². The van der Waals surface area contributed by atoms with Gasteiger partial charge in [0.2, 0.25) is 0 Å². The van der Waals surface area contributed by atoms with Crippen molar-refractivity contribution in [2.24, 2.45) is 0 Å². The monoisotopic (exact) mass is 286 g/mol. The Morgan fingerprint density at radius 1 is 1.10 bits per heavy atom. The third kappa shape index (κ3) is 2.77. The Kier molecular flexibility index (Phi) is 3.90. The summed E-state index contributed by atoms with van der Waals surface area (Å²) in [7, 11) is 0. The standard InChI is InChI=1S/C16H22N4O/c1-12-10-13(2)20-15(18-12)14(11-17-20)16(21)19-8-6-4-3-5-7-9-19/h10-11H,3-9H2,1-2H3. The maximum Gasteiger partial charge on any atom is 0.259 e. The fourth-order valence-electron chi connectivity index (χ4n) is 3.04. The number of nitrogens with zero attached hydrogens (tertiary/aromatic N) is 4. The highest BCUT2D eigenvalue weighted by Gasteiger charge is 2.21. The first-order chi connectivity index (χ1) is 10.2. The second-order valence-electron chi connectivity index (χ2n) is 5.89. The lowest BCUT2D eigenvalue weighted by molar-refractivity contribution is 0.0744. The lowest BCUT2D eigenvalue weighted by atomic mass is 10.1. The molecule has 0 bridgehead atoms. The molecule has 1 fully saturated rings. The summed E-state index contributed by atoms with van der Waals surface area (Å²) in [6.45, 7) is 5.63. The average molecular weight is 286 g/mol. The van der Waals surface area contributed by atoms with E-state index in [1.54, 1.807) is 10.7 Å². The molecule has 5 heteroatoms. The predicted octanol–water partition coefficient (Wildman–Crippen LogP) is 2.75. The van der Waals surface area contributed by atoms with E-state index in [-0.39, 0.29) is 5.91 Å². The molecule has 1 aliphatic heterocycles. The van der Waals surface area contributed by atoms with Crippen LogP contribution in [-0.4, -0.2) is 38.5 Å². The molecule has 0 saturated carbocycles. The van der Waals surface area contributed by atoms with E-state index in [1.807, 2.05) is 24.8 Å². The maximum absolute atomic E-state index is 12.8. The fourth-order valence-corrected chi connectivity index (χ4v) is 3.04. The molecule has 112 valence electrons. The number of rotatable bonds is 1. The summed E-state index contributed by atoms with van der Waals surface area (Å²) in [6.07, 6.45) is 7.57. The highest BCUT2D eigenvalue weighted by molar-refractivity contribution is 5.99. The number of aryl methyl sites for hydroxylation is 2. The van der Waals surface area contributed by atoms with Gasteiger partial charge in [-0.2, -0.15) is 5.10 Å². The zero-order valence-electron chi connectivity index (χ0n) is 12.8. The van der Waals surface area contributed by atoms with Crippen molar-refractivity contribution < 1.29 is 4.79 Å². The van der Waals surface area contributed by atoms with Crippen molar-refractivity contribution in [1.82, 2.24) is 19.5 Å². The Balaban J connectivity index is 1.93. The van der Waals surface area contributed by atoms with Gasteiger partial charge < -0.3 is 4.90 Å². The first-order valence-electron chi connectivity index (χ1n) is 7.78. The zero-order valence-corrected chi connectivity index (χ0v) is 12.8. The molecule has 1 aliphatic rings. The SMILES string of the molecule is Cc1cc(C)n2ncc(C(=O)N3CCCCCCC3)c2n1. The molecule has 0 aromatic carbocycles. The Morgan fingerprint density at radius 3 is 2.48 bits per heavy atom. The molecular formula is C16H22N4O. The first kappa shape index (κ1) is 14.0. The number of carbonyl (C=O) groups is 1. The Bertz CT molecular complexity index is 654. The van der Waals surface area contributed by atoms with Gasteiger partial charge in [-0.25, -0.2) is 9.50 Å². The number of hydrogen-bond acceptors (Lipinski definition) is 3. The van der Waals surface area contributed by atoms with Crippen molar-refractivity contribution >= 4 is 11.6 Å². The summed E-state index contributed by atoms with van der Waals surface area (Å²) in [5.74, 6) is 0.0735. The Hall–Kier alpha value is -1.91. The van der Waals surface area contributed by atoms with Crippen LogP contribution < -0.4 is 0 Å². The first-order valence-corrected chi connectivity index (χ1v) is 7.78. The molecule has 21 heavy (non-hydrogen) atoms. The summed E-state index contributed by atoms with van der Waals surface area (Å²) in [5, 5.41) is 4.32. The van der Waals surface area contributed by atoms with Gasteiger partial charge in [0.1, 0.15) is 5.56 Å². The molecule has 1 saturated heterocycles. The molecule has 2 aromatic rings. The topological polar surface area (TPSA) is 50.5 Å². The van der Waals surface area contributed by atoms with Gasteiger partial charge >= 0.3 is 0 Å². The minimum absolute atomic E-state index is 0.0735. The molecule has 3 heterocycles. The third-order valence-corrected chi connectivity index (χ3v) is 4.15. The van der Waals surface area contributed by atoms with E-state index < -0.39 is 0 Å². The van der Waals surface area contributed by atoms with E-state index in [1.165, 1.54) is 19.3 Å². The number of amides is 1. The Labute approximate surface area is 125 Å². The van der Waals surface area contributed by atoms with Crippen molar-refractivity contribution in [1.29, 1.82) is 0 Å². The van der Waals surface area contributed by atoms with Crippen molar-refractivity contribution in [2.45, 2.75) is 46.0 Å². The Morgan fingerprint density at radius 2 is 1.76 bits per heavy atom. The third-order valence-electron chi connectivity index (χ3n) is 4.15. The van der Waals surface area contributed by atoms with Crippen LogP contribution in [0.1, 0.15) is 53.8 Å². The maximum atomic E-state index is 12.8. The molecule has 1 amide bonds. The summed E-state index contributed by atoms with van der Waals surface area (Å²) < 4.78 is 1.75. The number of fused-ring (bicyclic) bond motifs is 1. The smallest absolute Gasteiger partial charge is 0.259 e. The molecule has 0 radical (unpaired) electrons. The van der Waals surface area contributed by atoms with Crippen LogP contribution in [0.3, 0.4) is 0 Å². The molecule has 0 atom stereocenters. The predicted molar refractivity (Wildman–Crippen MR) is 81.4 cm³/mol. The second-order valence-corrected chi connectivity index (χ2v) is 5.89. The number of hydrogen-bond donors (Lipinski definition) is 0. The molecule has 2 aromatic heterocycles. The molecule has 0 unspecified atom stereocenters. The van der Waals surface area contributed by atoms with Gasteiger partial charge in [-0.05, 0) is 32.8 Å². The number of likely N-dealkylation sites (tertiary alicyclic amines) is 1. The molecular weight excluding hydrogens is 264 g/mol. The van der Waals surface area contributed by atoms with Crippen LogP contribution in [0.5, 0.6) is 0 Å². The van der Waals surface area contributed by atoms with Crippen LogP contribution in [0.4, 0.5) is 0 Å². The van der Waals surface area contributed by atoms with Gasteiger partial charge in [0.05, 0.1) is 6.20 Å². The van der Waals surface area contributed by atoms with E-state index in [0.717, 1.165) is 37.3 Å². The van der Waals surface area contributed by atoms with Crippen LogP contribution in [0.2, 0.25) is 0 Å². The van der Waals surface area contributed by atoms with Crippen LogP contribution >= 0.6 is 0 Å². The second kappa shape index (κ2) is 5.84. The summed E-state index contributed by atoms with van der Waals surface area (Å²) in [6, 6.07) is 1.98. The van der Waals surface area contributed by atoms with Crippen LogP contribution in [-0.2, 0) is 0 Å². The molecule has 0 N–H and O–H groups in total. The van der Waals surface area contributed by atoms with E-state index in [2.05, 4.69) is 10.1 Å². The van der Waals surface area contributed by atoms with E-state index >= 15 is 0 Å². The van der Waals surface area contributed by atoms with Gasteiger partial charge in [0.25, 0.3) is 5.91 Å². The average Bonchev–Trinajstić information content (AvgIpc) is 2.81. The molecule has 0 spiro atoms. The summed E-state index contributed by atoms with van der Waals surface area (Å²) >= 11 is 0. The molecule has 5 nitrogen and oxygen atoms in total. The van der Waals surface area contributed by atoms with Crippen LogP contribution in [0.25, 0.3) is 5.65 Å². The normalized spacial score (nSPS) is 16.8. The zero-order chi connectivity index (χ0) is 14.8. The van der Waals surface area contributed by atoms with Gasteiger partial charge in [-0.3, -0.25) is 4.79 Å². The van der Waals surface area contributed by atoms with E-state index in [0.29, 0.717) is 11.2 Å². The largest absolute Gasteiger partial charge is 0.338 e. The van der Waals surface area contributed by atoms with Gasteiger partial charge in [0, 0.05) is 24.5 Å². The quantitative estimate of drug-likeness (QED) is 0.810. The van der Waals surface area contributed by atoms with Gasteiger partial charge in [0.15, 0.2) is 5.65 Å². The highest BCUT2D eigenvalue weighted by Crippen LogP contribution is 2.17. The number of carbonyl (C=O) groups excluding carboxylic acids is 1. The lowest BCUT2D eigenvalue weighted by Crippen LogP contribution is -2.33. The fraction of sp³-hybridized carbons (Fsp3) is 0.562. The summed E-state index contributed by atoms with van der Waals surface area (Å²) in [5.41, 5.74) is 3.23. The van der Waals surface area contributed by atoms with Crippen molar-refractivity contribution in [3.05, 3.63) is 29.2 Å². The molecule has 0 aliphatic carbocycles. The van der Waals surface area contributed by atoms with Crippen LogP contribution in [0.15, 0.2) is 12.3 Å². The van der Waals surface area contributed by atoms with Crippen LogP contribution in [0, 0.1) is 13.8 Å². The lowest BCUT2D eigenvalue weighted by Gasteiger charge is -2.24. The minimum atomic E-state index is 0.0735. The summed E-state index contributed by atoms with van der Waals surface area (Å²) in [4.78, 5) is 19.3. The van der Waals surface area contributed by atoms with Crippen molar-refractivity contribution in [3.63, 3.8) is 0 Å². The van der Waals surface area contributed by atoms with Gasteiger partial charge in [-0.15, -0.1) is 0 Å². The van der Waals surface area contributed by atoms with Crippen molar-refractivity contribution in [2.75, 3.05) is 13.1 Å². The van der Waals surface area contributed by atoms with E-state index in [4.69, 9.17) is 0 Å². The number of aromatic nitrogens is 3. The minimum Gasteiger partial charge on any atom is -0.338 e. The van der Waals surface area contributed by atoms with Gasteiger partial charge in [-0.1, -0.05) is 19.3 Å². The molecule has 3 rings (SSSR count).